The Balaban J connectivity index is 1.59. The molecular formula is C24H24FN5O. The molecule has 0 aliphatic rings. The number of halogens is 1. The highest BCUT2D eigenvalue weighted by Crippen LogP contribution is 2.25. The van der Waals surface area contributed by atoms with Crippen LogP contribution in [0.4, 0.5) is 4.39 Å². The third-order valence-electron chi connectivity index (χ3n) is 5.00. The third-order valence-corrected chi connectivity index (χ3v) is 5.00. The Morgan fingerprint density at radius 1 is 1.13 bits per heavy atom. The number of methoxy groups -OCH3 is 1. The third kappa shape index (κ3) is 5.13. The average Bonchev–Trinajstić information content (AvgIpc) is 3.23. The number of nitrogens with zero attached hydrogens (tertiary/aromatic N) is 4. The molecule has 0 amide bonds. The van der Waals surface area contributed by atoms with Crippen LogP contribution in [-0.4, -0.2) is 32.9 Å². The van der Waals surface area contributed by atoms with Crippen molar-refractivity contribution < 1.29 is 9.13 Å². The van der Waals surface area contributed by atoms with Crippen LogP contribution >= 0.6 is 0 Å². The Bertz CT molecular complexity index is 1130. The second-order valence-corrected chi connectivity index (χ2v) is 7.34. The minimum absolute atomic E-state index is 0.182. The van der Waals surface area contributed by atoms with E-state index >= 15 is 0 Å². The molecule has 0 bridgehead atoms. The molecule has 2 aromatic carbocycles. The molecule has 7 heteroatoms. The zero-order chi connectivity index (χ0) is 21.6. The molecule has 2 heterocycles. The van der Waals surface area contributed by atoms with Gasteiger partial charge >= 0.3 is 0 Å². The minimum atomic E-state index is -0.286. The van der Waals surface area contributed by atoms with Crippen LogP contribution in [0.25, 0.3) is 16.9 Å². The number of aromatic nitrogens is 4. The van der Waals surface area contributed by atoms with Crippen molar-refractivity contribution in [3.05, 3.63) is 90.4 Å². The van der Waals surface area contributed by atoms with E-state index in [-0.39, 0.29) is 11.9 Å². The van der Waals surface area contributed by atoms with Gasteiger partial charge in [-0.25, -0.2) is 9.07 Å². The lowest BCUT2D eigenvalue weighted by molar-refractivity contribution is 0.414. The highest BCUT2D eigenvalue weighted by molar-refractivity contribution is 5.63. The van der Waals surface area contributed by atoms with Crippen LogP contribution in [-0.2, 0) is 13.0 Å². The van der Waals surface area contributed by atoms with Gasteiger partial charge in [0.25, 0.3) is 0 Å². The van der Waals surface area contributed by atoms with E-state index in [1.807, 2.05) is 41.2 Å². The summed E-state index contributed by atoms with van der Waals surface area (Å²) in [6.07, 6.45) is 7.88. The van der Waals surface area contributed by atoms with Crippen molar-refractivity contribution in [1.82, 2.24) is 25.1 Å². The highest BCUT2D eigenvalue weighted by Gasteiger charge is 2.14. The van der Waals surface area contributed by atoms with Crippen molar-refractivity contribution in [2.45, 2.75) is 25.9 Å². The summed E-state index contributed by atoms with van der Waals surface area (Å²) in [7, 11) is 1.64. The predicted molar refractivity (Wildman–Crippen MR) is 118 cm³/mol. The van der Waals surface area contributed by atoms with Gasteiger partial charge in [0.15, 0.2) is 0 Å². The molecule has 0 saturated heterocycles. The molecule has 1 N–H and O–H groups in total. The maximum absolute atomic E-state index is 13.9. The van der Waals surface area contributed by atoms with Crippen LogP contribution in [0, 0.1) is 5.82 Å². The molecule has 31 heavy (non-hydrogen) atoms. The summed E-state index contributed by atoms with van der Waals surface area (Å²) in [6, 6.07) is 14.4. The average molecular weight is 417 g/mol. The summed E-state index contributed by atoms with van der Waals surface area (Å²) < 4.78 is 20.9. The molecule has 0 spiro atoms. The van der Waals surface area contributed by atoms with Gasteiger partial charge in [0.1, 0.15) is 11.6 Å². The van der Waals surface area contributed by atoms with Crippen LogP contribution < -0.4 is 10.1 Å². The largest absolute Gasteiger partial charge is 0.497 e. The van der Waals surface area contributed by atoms with Crippen LogP contribution in [0.5, 0.6) is 5.75 Å². The van der Waals surface area contributed by atoms with E-state index in [1.54, 1.807) is 31.8 Å². The van der Waals surface area contributed by atoms with Gasteiger partial charge in [-0.2, -0.15) is 5.10 Å². The number of hydrogen-bond acceptors (Lipinski definition) is 5. The van der Waals surface area contributed by atoms with Gasteiger partial charge in [-0.05, 0) is 43.3 Å². The fourth-order valence-corrected chi connectivity index (χ4v) is 3.39. The Kier molecular flexibility index (Phi) is 6.33. The molecule has 2 aromatic heterocycles. The van der Waals surface area contributed by atoms with Gasteiger partial charge in [0, 0.05) is 54.9 Å². The summed E-state index contributed by atoms with van der Waals surface area (Å²) in [5.41, 5.74) is 4.30. The van der Waals surface area contributed by atoms with Crippen molar-refractivity contribution in [1.29, 1.82) is 0 Å². The Hall–Kier alpha value is -3.58. The van der Waals surface area contributed by atoms with Crippen LogP contribution in [0.2, 0.25) is 0 Å². The topological polar surface area (TPSA) is 64.9 Å². The Morgan fingerprint density at radius 2 is 1.97 bits per heavy atom. The van der Waals surface area contributed by atoms with Crippen molar-refractivity contribution in [3.8, 4) is 22.7 Å². The molecule has 158 valence electrons. The molecule has 4 rings (SSSR count). The second-order valence-electron chi connectivity index (χ2n) is 7.34. The standard InChI is InChI=1S/C24H24FN5O/c1-17(12-21-15-26-10-11-27-21)28-14-19-16-30(22-6-8-23(31-2)9-7-22)29-24(19)18-4-3-5-20(25)13-18/h3-11,13,15-17,28H,12,14H2,1-2H3/t17-/m1/s1. The van der Waals surface area contributed by atoms with E-state index in [1.165, 1.54) is 12.1 Å². The molecule has 6 nitrogen and oxygen atoms in total. The van der Waals surface area contributed by atoms with Crippen molar-refractivity contribution in [2.75, 3.05) is 7.11 Å². The Morgan fingerprint density at radius 3 is 2.68 bits per heavy atom. The van der Waals surface area contributed by atoms with Crippen molar-refractivity contribution >= 4 is 0 Å². The molecule has 0 aliphatic heterocycles. The highest BCUT2D eigenvalue weighted by atomic mass is 19.1. The van der Waals surface area contributed by atoms with Gasteiger partial charge in [0.2, 0.25) is 0 Å². The molecule has 0 aliphatic carbocycles. The van der Waals surface area contributed by atoms with E-state index in [9.17, 15) is 4.39 Å². The second kappa shape index (κ2) is 9.49. The van der Waals surface area contributed by atoms with E-state index in [0.717, 1.165) is 40.4 Å². The molecule has 0 saturated carbocycles. The lowest BCUT2D eigenvalue weighted by Gasteiger charge is -2.13. The zero-order valence-corrected chi connectivity index (χ0v) is 17.5. The molecule has 0 radical (unpaired) electrons. The fraction of sp³-hybridized carbons (Fsp3) is 0.208. The van der Waals surface area contributed by atoms with Crippen molar-refractivity contribution in [2.24, 2.45) is 0 Å². The molecular weight excluding hydrogens is 393 g/mol. The fourth-order valence-electron chi connectivity index (χ4n) is 3.39. The van der Waals surface area contributed by atoms with Crippen LogP contribution in [0.3, 0.4) is 0 Å². The lowest BCUT2D eigenvalue weighted by Crippen LogP contribution is -2.28. The van der Waals surface area contributed by atoms with Crippen LogP contribution in [0.15, 0.2) is 73.3 Å². The number of rotatable bonds is 8. The molecule has 4 aromatic rings. The summed E-state index contributed by atoms with van der Waals surface area (Å²) in [4.78, 5) is 8.45. The SMILES string of the molecule is COc1ccc(-n2cc(CN[C@H](C)Cc3cnccn3)c(-c3cccc(F)c3)n2)cc1. The normalized spacial score (nSPS) is 12.0. The molecule has 1 atom stereocenters. The molecule has 0 fully saturated rings. The summed E-state index contributed by atoms with van der Waals surface area (Å²) in [6.45, 7) is 2.69. The van der Waals surface area contributed by atoms with Gasteiger partial charge in [-0.1, -0.05) is 12.1 Å². The first-order chi connectivity index (χ1) is 15.1. The van der Waals surface area contributed by atoms with Gasteiger partial charge < -0.3 is 10.1 Å². The number of ether oxygens (including phenoxy) is 1. The monoisotopic (exact) mass is 417 g/mol. The number of benzene rings is 2. The van der Waals surface area contributed by atoms with Gasteiger partial charge in [-0.15, -0.1) is 0 Å². The van der Waals surface area contributed by atoms with E-state index < -0.39 is 0 Å². The summed E-state index contributed by atoms with van der Waals surface area (Å²) >= 11 is 0. The number of nitrogens with one attached hydrogen (secondary N) is 1. The van der Waals surface area contributed by atoms with E-state index in [4.69, 9.17) is 9.84 Å². The smallest absolute Gasteiger partial charge is 0.123 e. The summed E-state index contributed by atoms with van der Waals surface area (Å²) in [5, 5.41) is 8.28. The zero-order valence-electron chi connectivity index (χ0n) is 17.5. The van der Waals surface area contributed by atoms with Gasteiger partial charge in [0.05, 0.1) is 24.2 Å². The number of hydrogen-bond donors (Lipinski definition) is 1. The molecule has 0 unspecified atom stereocenters. The summed E-state index contributed by atoms with van der Waals surface area (Å²) in [5.74, 6) is 0.493. The minimum Gasteiger partial charge on any atom is -0.497 e. The maximum Gasteiger partial charge on any atom is 0.123 e. The Labute approximate surface area is 180 Å². The first-order valence-corrected chi connectivity index (χ1v) is 10.1. The van der Waals surface area contributed by atoms with E-state index in [0.29, 0.717) is 6.54 Å². The quantitative estimate of drug-likeness (QED) is 0.466. The predicted octanol–water partition coefficient (Wildman–Crippen LogP) is 4.20. The lowest BCUT2D eigenvalue weighted by atomic mass is 10.1. The van der Waals surface area contributed by atoms with Crippen LogP contribution in [0.1, 0.15) is 18.2 Å². The first kappa shape index (κ1) is 20.7. The first-order valence-electron chi connectivity index (χ1n) is 10.1. The van der Waals surface area contributed by atoms with Crippen molar-refractivity contribution in [3.63, 3.8) is 0 Å². The van der Waals surface area contributed by atoms with Gasteiger partial charge in [-0.3, -0.25) is 9.97 Å². The maximum atomic E-state index is 13.9. The van der Waals surface area contributed by atoms with E-state index in [2.05, 4.69) is 22.2 Å².